The lowest BCUT2D eigenvalue weighted by molar-refractivity contribution is 0.102. The van der Waals surface area contributed by atoms with Gasteiger partial charge in [0.05, 0.1) is 11.0 Å². The summed E-state index contributed by atoms with van der Waals surface area (Å²) < 4.78 is 32.7. The molecule has 1 fully saturated rings. The molecule has 0 spiro atoms. The van der Waals surface area contributed by atoms with Crippen LogP contribution in [0.3, 0.4) is 0 Å². The van der Waals surface area contributed by atoms with Crippen LogP contribution in [0.5, 0.6) is 5.75 Å². The molecule has 1 aliphatic rings. The highest BCUT2D eigenvalue weighted by atomic mass is 32.2. The van der Waals surface area contributed by atoms with Crippen molar-refractivity contribution in [2.24, 2.45) is 0 Å². The molecule has 1 aliphatic heterocycles. The number of nitrogens with zero attached hydrogens (tertiary/aromatic N) is 1. The number of nitrogens with one attached hydrogen (secondary N) is 1. The number of carbonyl (C=O) groups excluding carboxylic acids is 1. The Balaban J connectivity index is 1.72. The standard InChI is InChI=1S/C21H26N2O4S/c1-16(2)27-19-11-9-17(10-12-19)21(24)22-18-7-6-8-20(15-18)28(25,26)23-13-4-3-5-14-23/h6-12,15-16H,3-5,13-14H2,1-2H3,(H,22,24). The van der Waals surface area contributed by atoms with Gasteiger partial charge < -0.3 is 10.1 Å². The number of hydrogen-bond acceptors (Lipinski definition) is 4. The fourth-order valence-electron chi connectivity index (χ4n) is 3.15. The minimum atomic E-state index is -3.54. The highest BCUT2D eigenvalue weighted by Crippen LogP contribution is 2.23. The topological polar surface area (TPSA) is 75.7 Å². The van der Waals surface area contributed by atoms with Gasteiger partial charge in [0.15, 0.2) is 0 Å². The molecule has 2 aromatic carbocycles. The number of hydrogen-bond donors (Lipinski definition) is 1. The first-order valence-corrected chi connectivity index (χ1v) is 11.0. The maximum absolute atomic E-state index is 12.8. The summed E-state index contributed by atoms with van der Waals surface area (Å²) in [5.41, 5.74) is 0.922. The van der Waals surface area contributed by atoms with Crippen molar-refractivity contribution in [2.75, 3.05) is 18.4 Å². The van der Waals surface area contributed by atoms with E-state index in [2.05, 4.69) is 5.32 Å². The van der Waals surface area contributed by atoms with Crippen LogP contribution in [-0.2, 0) is 10.0 Å². The minimum Gasteiger partial charge on any atom is -0.491 e. The number of anilines is 1. The summed E-state index contributed by atoms with van der Waals surface area (Å²) in [6, 6.07) is 13.3. The number of amides is 1. The first-order chi connectivity index (χ1) is 13.4. The zero-order chi connectivity index (χ0) is 20.1. The van der Waals surface area contributed by atoms with Gasteiger partial charge in [-0.05, 0) is 69.2 Å². The van der Waals surface area contributed by atoms with Crippen molar-refractivity contribution in [3.63, 3.8) is 0 Å². The van der Waals surface area contributed by atoms with Gasteiger partial charge in [0.1, 0.15) is 5.75 Å². The molecule has 1 heterocycles. The number of ether oxygens (including phenoxy) is 1. The predicted molar refractivity (Wildman–Crippen MR) is 109 cm³/mol. The Morgan fingerprint density at radius 3 is 2.36 bits per heavy atom. The van der Waals surface area contributed by atoms with Gasteiger partial charge in [0.25, 0.3) is 5.91 Å². The lowest BCUT2D eigenvalue weighted by atomic mass is 10.2. The SMILES string of the molecule is CC(C)Oc1ccc(C(=O)Nc2cccc(S(=O)(=O)N3CCCCC3)c2)cc1. The molecule has 7 heteroatoms. The Hall–Kier alpha value is -2.38. The van der Waals surface area contributed by atoms with Crippen LogP contribution < -0.4 is 10.1 Å². The normalized spacial score (nSPS) is 15.4. The van der Waals surface area contributed by atoms with E-state index in [1.165, 1.54) is 10.4 Å². The summed E-state index contributed by atoms with van der Waals surface area (Å²) in [6.45, 7) is 4.96. The zero-order valence-corrected chi connectivity index (χ0v) is 17.0. The average Bonchev–Trinajstić information content (AvgIpc) is 2.69. The molecule has 0 radical (unpaired) electrons. The van der Waals surface area contributed by atoms with E-state index in [9.17, 15) is 13.2 Å². The highest BCUT2D eigenvalue weighted by Gasteiger charge is 2.26. The first kappa shape index (κ1) is 20.4. The average molecular weight is 403 g/mol. The minimum absolute atomic E-state index is 0.0595. The van der Waals surface area contributed by atoms with Crippen molar-refractivity contribution in [1.82, 2.24) is 4.31 Å². The van der Waals surface area contributed by atoms with Crippen LogP contribution in [0.1, 0.15) is 43.5 Å². The fourth-order valence-corrected chi connectivity index (χ4v) is 4.71. The van der Waals surface area contributed by atoms with E-state index in [1.54, 1.807) is 42.5 Å². The lowest BCUT2D eigenvalue weighted by Crippen LogP contribution is -2.35. The molecule has 1 amide bonds. The molecular weight excluding hydrogens is 376 g/mol. The smallest absolute Gasteiger partial charge is 0.255 e. The van der Waals surface area contributed by atoms with Gasteiger partial charge in [0.2, 0.25) is 10.0 Å². The van der Waals surface area contributed by atoms with Crippen LogP contribution in [0.15, 0.2) is 53.4 Å². The number of piperidine rings is 1. The molecule has 0 aromatic heterocycles. The lowest BCUT2D eigenvalue weighted by Gasteiger charge is -2.26. The molecule has 1 N–H and O–H groups in total. The predicted octanol–water partition coefficient (Wildman–Crippen LogP) is 3.90. The summed E-state index contributed by atoms with van der Waals surface area (Å²) in [5, 5.41) is 2.77. The zero-order valence-electron chi connectivity index (χ0n) is 16.2. The van der Waals surface area contributed by atoms with E-state index in [0.29, 0.717) is 30.1 Å². The Bertz CT molecular complexity index is 918. The van der Waals surface area contributed by atoms with E-state index in [4.69, 9.17) is 4.74 Å². The maximum Gasteiger partial charge on any atom is 0.255 e. The molecule has 0 aliphatic carbocycles. The van der Waals surface area contributed by atoms with Gasteiger partial charge in [-0.15, -0.1) is 0 Å². The third-order valence-corrected chi connectivity index (χ3v) is 6.43. The second-order valence-electron chi connectivity index (χ2n) is 7.14. The second-order valence-corrected chi connectivity index (χ2v) is 9.08. The maximum atomic E-state index is 12.8. The van der Waals surface area contributed by atoms with Crippen molar-refractivity contribution in [2.45, 2.75) is 44.1 Å². The summed E-state index contributed by atoms with van der Waals surface area (Å²) in [7, 11) is -3.54. The summed E-state index contributed by atoms with van der Waals surface area (Å²) in [4.78, 5) is 12.7. The van der Waals surface area contributed by atoms with E-state index in [1.807, 2.05) is 13.8 Å². The van der Waals surface area contributed by atoms with Gasteiger partial charge in [-0.3, -0.25) is 4.79 Å². The van der Waals surface area contributed by atoms with Gasteiger partial charge in [-0.25, -0.2) is 8.42 Å². The van der Waals surface area contributed by atoms with Crippen LogP contribution in [0, 0.1) is 0 Å². The number of rotatable bonds is 6. The molecule has 1 saturated heterocycles. The monoisotopic (exact) mass is 402 g/mol. The quantitative estimate of drug-likeness (QED) is 0.795. The van der Waals surface area contributed by atoms with Gasteiger partial charge in [0, 0.05) is 24.3 Å². The fraction of sp³-hybridized carbons (Fsp3) is 0.381. The molecule has 0 bridgehead atoms. The van der Waals surface area contributed by atoms with E-state index in [0.717, 1.165) is 19.3 Å². The van der Waals surface area contributed by atoms with Crippen molar-refractivity contribution in [1.29, 1.82) is 0 Å². The second kappa shape index (κ2) is 8.75. The summed E-state index contributed by atoms with van der Waals surface area (Å²) >= 11 is 0. The molecule has 0 unspecified atom stereocenters. The summed E-state index contributed by atoms with van der Waals surface area (Å²) in [6.07, 6.45) is 2.88. The molecule has 2 aromatic rings. The summed E-state index contributed by atoms with van der Waals surface area (Å²) in [5.74, 6) is 0.393. The van der Waals surface area contributed by atoms with Crippen LogP contribution in [-0.4, -0.2) is 37.8 Å². The largest absolute Gasteiger partial charge is 0.491 e. The molecule has 150 valence electrons. The molecule has 28 heavy (non-hydrogen) atoms. The van der Waals surface area contributed by atoms with Crippen LogP contribution in [0.4, 0.5) is 5.69 Å². The van der Waals surface area contributed by atoms with Gasteiger partial charge >= 0.3 is 0 Å². The molecule has 6 nitrogen and oxygen atoms in total. The van der Waals surface area contributed by atoms with Crippen molar-refractivity contribution >= 4 is 21.6 Å². The molecule has 3 rings (SSSR count). The van der Waals surface area contributed by atoms with Crippen LogP contribution in [0.25, 0.3) is 0 Å². The third-order valence-electron chi connectivity index (χ3n) is 4.53. The van der Waals surface area contributed by atoms with Crippen molar-refractivity contribution in [3.8, 4) is 5.75 Å². The number of benzene rings is 2. The number of carbonyl (C=O) groups is 1. The van der Waals surface area contributed by atoms with Crippen molar-refractivity contribution < 1.29 is 17.9 Å². The van der Waals surface area contributed by atoms with Crippen LogP contribution >= 0.6 is 0 Å². The third kappa shape index (κ3) is 4.91. The van der Waals surface area contributed by atoms with Gasteiger partial charge in [-0.2, -0.15) is 4.31 Å². The Morgan fingerprint density at radius 2 is 1.71 bits per heavy atom. The van der Waals surface area contributed by atoms with E-state index < -0.39 is 10.0 Å². The first-order valence-electron chi connectivity index (χ1n) is 9.54. The molecule has 0 saturated carbocycles. The molecular formula is C21H26N2O4S. The van der Waals surface area contributed by atoms with E-state index >= 15 is 0 Å². The Labute approximate surface area is 166 Å². The molecule has 0 atom stereocenters. The van der Waals surface area contributed by atoms with Crippen molar-refractivity contribution in [3.05, 3.63) is 54.1 Å². The number of sulfonamides is 1. The highest BCUT2D eigenvalue weighted by molar-refractivity contribution is 7.89. The van der Waals surface area contributed by atoms with Gasteiger partial charge in [-0.1, -0.05) is 12.5 Å². The Kier molecular flexibility index (Phi) is 6.36. The van der Waals surface area contributed by atoms with E-state index in [-0.39, 0.29) is 16.9 Å². The Morgan fingerprint density at radius 1 is 1.04 bits per heavy atom. The van der Waals surface area contributed by atoms with Crippen LogP contribution in [0.2, 0.25) is 0 Å².